The van der Waals surface area contributed by atoms with E-state index in [-0.39, 0.29) is 24.3 Å². The van der Waals surface area contributed by atoms with Gasteiger partial charge in [-0.3, -0.25) is 9.59 Å². The quantitative estimate of drug-likeness (QED) is 0.582. The Morgan fingerprint density at radius 3 is 2.42 bits per heavy atom. The molecular formula is C14H18O5. The molecule has 0 aromatic heterocycles. The minimum atomic E-state index is -0.373. The lowest BCUT2D eigenvalue weighted by Crippen LogP contribution is -2.20. The third-order valence-corrected chi connectivity index (χ3v) is 2.66. The lowest BCUT2D eigenvalue weighted by molar-refractivity contribution is -0.145. The van der Waals surface area contributed by atoms with Crippen LogP contribution in [0.15, 0.2) is 18.2 Å². The molecule has 1 rings (SSSR count). The summed E-state index contributed by atoms with van der Waals surface area (Å²) in [6.45, 7) is 3.37. The van der Waals surface area contributed by atoms with Crippen molar-refractivity contribution in [2.45, 2.75) is 13.8 Å². The van der Waals surface area contributed by atoms with Gasteiger partial charge in [-0.05, 0) is 32.0 Å². The predicted octanol–water partition coefficient (Wildman–Crippen LogP) is 2.09. The van der Waals surface area contributed by atoms with Gasteiger partial charge in [-0.25, -0.2) is 0 Å². The number of ketones is 1. The van der Waals surface area contributed by atoms with Gasteiger partial charge >= 0.3 is 5.97 Å². The topological polar surface area (TPSA) is 61.8 Å². The van der Waals surface area contributed by atoms with Crippen LogP contribution in [-0.4, -0.2) is 32.6 Å². The van der Waals surface area contributed by atoms with Gasteiger partial charge in [0.1, 0.15) is 6.61 Å². The van der Waals surface area contributed by atoms with Crippen LogP contribution in [0, 0.1) is 5.92 Å². The number of carbonyl (C=O) groups excluding carboxylic acids is 2. The van der Waals surface area contributed by atoms with E-state index in [1.54, 1.807) is 25.1 Å². The fraction of sp³-hybridized carbons (Fsp3) is 0.429. The molecule has 0 N–H and O–H groups in total. The third kappa shape index (κ3) is 3.98. The highest BCUT2D eigenvalue weighted by Gasteiger charge is 2.15. The monoisotopic (exact) mass is 266 g/mol. The van der Waals surface area contributed by atoms with Crippen LogP contribution in [0.3, 0.4) is 0 Å². The summed E-state index contributed by atoms with van der Waals surface area (Å²) in [5, 5.41) is 0. The molecule has 0 spiro atoms. The predicted molar refractivity (Wildman–Crippen MR) is 69.7 cm³/mol. The maximum absolute atomic E-state index is 11.3. The largest absolute Gasteiger partial charge is 0.493 e. The van der Waals surface area contributed by atoms with E-state index >= 15 is 0 Å². The van der Waals surface area contributed by atoms with E-state index in [0.29, 0.717) is 17.1 Å². The number of benzene rings is 1. The first-order valence-corrected chi connectivity index (χ1v) is 5.89. The molecule has 0 aliphatic heterocycles. The normalized spacial score (nSPS) is 11.6. The van der Waals surface area contributed by atoms with Crippen molar-refractivity contribution in [3.05, 3.63) is 23.8 Å². The molecule has 1 aromatic carbocycles. The Morgan fingerprint density at radius 1 is 1.21 bits per heavy atom. The van der Waals surface area contributed by atoms with Crippen molar-refractivity contribution in [3.8, 4) is 11.5 Å². The third-order valence-electron chi connectivity index (χ3n) is 2.66. The van der Waals surface area contributed by atoms with Crippen molar-refractivity contribution < 1.29 is 23.8 Å². The minimum Gasteiger partial charge on any atom is -0.493 e. The molecule has 0 saturated carbocycles. The fourth-order valence-corrected chi connectivity index (χ4v) is 1.49. The van der Waals surface area contributed by atoms with E-state index in [1.807, 2.05) is 0 Å². The second-order valence-electron chi connectivity index (χ2n) is 4.16. The second-order valence-corrected chi connectivity index (χ2v) is 4.16. The molecule has 0 bridgehead atoms. The first-order chi connectivity index (χ1) is 8.99. The number of hydrogen-bond donors (Lipinski definition) is 0. The van der Waals surface area contributed by atoms with Crippen LogP contribution in [0.1, 0.15) is 24.2 Å². The maximum atomic E-state index is 11.3. The molecular weight excluding hydrogens is 248 g/mol. The minimum absolute atomic E-state index is 0.0484. The summed E-state index contributed by atoms with van der Waals surface area (Å²) >= 11 is 0. The van der Waals surface area contributed by atoms with Gasteiger partial charge in [0.05, 0.1) is 20.1 Å². The summed E-state index contributed by atoms with van der Waals surface area (Å²) in [6, 6.07) is 4.92. The fourth-order valence-electron chi connectivity index (χ4n) is 1.49. The van der Waals surface area contributed by atoms with Crippen LogP contribution >= 0.6 is 0 Å². The van der Waals surface area contributed by atoms with Crippen LogP contribution in [-0.2, 0) is 9.53 Å². The number of hydrogen-bond acceptors (Lipinski definition) is 5. The molecule has 1 aromatic rings. The summed E-state index contributed by atoms with van der Waals surface area (Å²) in [5.41, 5.74) is 0.546. The van der Waals surface area contributed by atoms with Gasteiger partial charge in [0.15, 0.2) is 17.3 Å². The van der Waals surface area contributed by atoms with E-state index in [2.05, 4.69) is 4.74 Å². The molecule has 0 saturated heterocycles. The molecule has 1 atom stereocenters. The van der Waals surface area contributed by atoms with Crippen LogP contribution in [0.25, 0.3) is 0 Å². The van der Waals surface area contributed by atoms with E-state index in [9.17, 15) is 9.59 Å². The summed E-state index contributed by atoms with van der Waals surface area (Å²) in [6.07, 6.45) is 0. The summed E-state index contributed by atoms with van der Waals surface area (Å²) in [5.74, 6) is 0.197. The highest BCUT2D eigenvalue weighted by molar-refractivity contribution is 5.94. The number of esters is 1. The van der Waals surface area contributed by atoms with Crippen LogP contribution < -0.4 is 9.47 Å². The maximum Gasteiger partial charge on any atom is 0.311 e. The number of rotatable bonds is 6. The highest BCUT2D eigenvalue weighted by Crippen LogP contribution is 2.28. The number of Topliss-reactive ketones (excluding diaryl/α,β-unsaturated/α-hetero) is 1. The van der Waals surface area contributed by atoms with Crippen LogP contribution in [0.4, 0.5) is 0 Å². The lowest BCUT2D eigenvalue weighted by Gasteiger charge is -2.14. The Morgan fingerprint density at radius 2 is 1.89 bits per heavy atom. The second kappa shape index (κ2) is 6.78. The van der Waals surface area contributed by atoms with Crippen LogP contribution in [0.2, 0.25) is 0 Å². The molecule has 0 radical (unpaired) electrons. The van der Waals surface area contributed by atoms with Crippen molar-refractivity contribution in [2.24, 2.45) is 5.92 Å². The van der Waals surface area contributed by atoms with Gasteiger partial charge in [-0.2, -0.15) is 0 Å². The number of methoxy groups -OCH3 is 2. The number of ether oxygens (including phenoxy) is 3. The van der Waals surface area contributed by atoms with Crippen molar-refractivity contribution in [3.63, 3.8) is 0 Å². The lowest BCUT2D eigenvalue weighted by atomic mass is 10.1. The molecule has 0 aliphatic rings. The first kappa shape index (κ1) is 15.0. The van der Waals surface area contributed by atoms with Gasteiger partial charge in [0, 0.05) is 5.56 Å². The van der Waals surface area contributed by atoms with E-state index in [4.69, 9.17) is 9.47 Å². The molecule has 0 heterocycles. The van der Waals surface area contributed by atoms with Crippen molar-refractivity contribution in [2.75, 3.05) is 20.8 Å². The van der Waals surface area contributed by atoms with E-state index in [1.165, 1.54) is 21.1 Å². The molecule has 5 nitrogen and oxygen atoms in total. The molecule has 1 unspecified atom stereocenters. The molecule has 0 fully saturated rings. The van der Waals surface area contributed by atoms with Crippen molar-refractivity contribution >= 4 is 11.8 Å². The zero-order valence-corrected chi connectivity index (χ0v) is 11.6. The molecule has 104 valence electrons. The molecule has 19 heavy (non-hydrogen) atoms. The molecule has 0 aliphatic carbocycles. The van der Waals surface area contributed by atoms with Gasteiger partial charge in [0.2, 0.25) is 0 Å². The SMILES string of the molecule is COC(=O)C(C)COc1ccc(C(C)=O)cc1OC. The zero-order chi connectivity index (χ0) is 14.4. The van der Waals surface area contributed by atoms with Gasteiger partial charge in [-0.15, -0.1) is 0 Å². The zero-order valence-electron chi connectivity index (χ0n) is 11.6. The van der Waals surface area contributed by atoms with Crippen LogP contribution in [0.5, 0.6) is 11.5 Å². The summed E-state index contributed by atoms with van der Waals surface area (Å²) in [4.78, 5) is 22.5. The smallest absolute Gasteiger partial charge is 0.311 e. The van der Waals surface area contributed by atoms with Gasteiger partial charge < -0.3 is 14.2 Å². The summed E-state index contributed by atoms with van der Waals surface area (Å²) in [7, 11) is 2.83. The van der Waals surface area contributed by atoms with E-state index in [0.717, 1.165) is 0 Å². The average molecular weight is 266 g/mol. The Balaban J connectivity index is 2.78. The van der Waals surface area contributed by atoms with Crippen molar-refractivity contribution in [1.82, 2.24) is 0 Å². The first-order valence-electron chi connectivity index (χ1n) is 5.89. The number of carbonyl (C=O) groups is 2. The molecule has 5 heteroatoms. The average Bonchev–Trinajstić information content (AvgIpc) is 2.43. The Bertz CT molecular complexity index is 467. The van der Waals surface area contributed by atoms with Crippen molar-refractivity contribution in [1.29, 1.82) is 0 Å². The summed E-state index contributed by atoms with van der Waals surface area (Å²) < 4.78 is 15.3. The standard InChI is InChI=1S/C14H18O5/c1-9(14(16)18-4)8-19-12-6-5-11(10(2)15)7-13(12)17-3/h5-7,9H,8H2,1-4H3. The Kier molecular flexibility index (Phi) is 5.36. The highest BCUT2D eigenvalue weighted by atomic mass is 16.5. The van der Waals surface area contributed by atoms with Gasteiger partial charge in [-0.1, -0.05) is 0 Å². The van der Waals surface area contributed by atoms with Gasteiger partial charge in [0.25, 0.3) is 0 Å². The Hall–Kier alpha value is -2.04. The van der Waals surface area contributed by atoms with E-state index < -0.39 is 0 Å². The Labute approximate surface area is 112 Å². The molecule has 0 amide bonds.